The van der Waals surface area contributed by atoms with Crippen LogP contribution in [0.25, 0.3) is 0 Å². The van der Waals surface area contributed by atoms with Crippen molar-refractivity contribution in [2.75, 3.05) is 7.11 Å². The number of esters is 1. The number of carbonyl (C=O) groups is 2. The van der Waals surface area contributed by atoms with E-state index in [-0.39, 0.29) is 17.8 Å². The highest BCUT2D eigenvalue weighted by Gasteiger charge is 2.25. The van der Waals surface area contributed by atoms with E-state index in [2.05, 4.69) is 10.1 Å². The molecule has 0 aliphatic carbocycles. The van der Waals surface area contributed by atoms with Crippen molar-refractivity contribution >= 4 is 11.9 Å². The van der Waals surface area contributed by atoms with Crippen LogP contribution in [0.4, 0.5) is 0 Å². The predicted octanol–water partition coefficient (Wildman–Crippen LogP) is 0.710. The average Bonchev–Trinajstić information content (AvgIpc) is 2.11. The zero-order valence-corrected chi connectivity index (χ0v) is 8.59. The summed E-state index contributed by atoms with van der Waals surface area (Å²) < 4.78 is 4.58. The highest BCUT2D eigenvalue weighted by molar-refractivity contribution is 5.83. The molecular formula is C9H17NO3. The molecule has 13 heavy (non-hydrogen) atoms. The van der Waals surface area contributed by atoms with Crippen LogP contribution in [-0.2, 0) is 14.3 Å². The highest BCUT2D eigenvalue weighted by Crippen LogP contribution is 2.08. The minimum atomic E-state index is -0.521. The Balaban J connectivity index is 4.35. The molecule has 0 radical (unpaired) electrons. The number of amides is 1. The second-order valence-corrected chi connectivity index (χ2v) is 3.09. The van der Waals surface area contributed by atoms with Crippen molar-refractivity contribution < 1.29 is 14.3 Å². The van der Waals surface area contributed by atoms with Crippen molar-refractivity contribution in [3.63, 3.8) is 0 Å². The molecule has 0 aromatic carbocycles. The SMILES string of the molecule is CCC(C)[C@@H](NC(C)=O)C(=O)OC. The van der Waals surface area contributed by atoms with Crippen LogP contribution in [0.15, 0.2) is 0 Å². The van der Waals surface area contributed by atoms with E-state index in [0.29, 0.717) is 0 Å². The topological polar surface area (TPSA) is 55.4 Å². The van der Waals surface area contributed by atoms with E-state index in [9.17, 15) is 9.59 Å². The van der Waals surface area contributed by atoms with E-state index in [0.717, 1.165) is 6.42 Å². The van der Waals surface area contributed by atoms with Crippen molar-refractivity contribution in [3.8, 4) is 0 Å². The van der Waals surface area contributed by atoms with E-state index in [4.69, 9.17) is 0 Å². The van der Waals surface area contributed by atoms with Crippen LogP contribution >= 0.6 is 0 Å². The maximum absolute atomic E-state index is 11.2. The molecule has 4 nitrogen and oxygen atoms in total. The lowest BCUT2D eigenvalue weighted by Gasteiger charge is -2.20. The zero-order chi connectivity index (χ0) is 10.4. The number of methoxy groups -OCH3 is 1. The molecule has 0 aliphatic rings. The van der Waals surface area contributed by atoms with Gasteiger partial charge in [0.25, 0.3) is 0 Å². The number of ether oxygens (including phenoxy) is 1. The number of hydrogen-bond donors (Lipinski definition) is 1. The molecule has 0 saturated carbocycles. The Kier molecular flexibility index (Phi) is 5.11. The van der Waals surface area contributed by atoms with Gasteiger partial charge in [-0.25, -0.2) is 4.79 Å². The smallest absolute Gasteiger partial charge is 0.328 e. The fourth-order valence-electron chi connectivity index (χ4n) is 1.02. The Morgan fingerprint density at radius 1 is 1.46 bits per heavy atom. The summed E-state index contributed by atoms with van der Waals surface area (Å²) in [7, 11) is 1.32. The minimum absolute atomic E-state index is 0.0938. The number of rotatable bonds is 4. The fraction of sp³-hybridized carbons (Fsp3) is 0.778. The molecule has 0 aromatic heterocycles. The van der Waals surface area contributed by atoms with Crippen LogP contribution in [0.3, 0.4) is 0 Å². The van der Waals surface area contributed by atoms with Gasteiger partial charge in [-0.2, -0.15) is 0 Å². The molecule has 1 amide bonds. The van der Waals surface area contributed by atoms with E-state index >= 15 is 0 Å². The van der Waals surface area contributed by atoms with Gasteiger partial charge in [-0.15, -0.1) is 0 Å². The van der Waals surface area contributed by atoms with Gasteiger partial charge in [0.05, 0.1) is 7.11 Å². The van der Waals surface area contributed by atoms with E-state index in [1.165, 1.54) is 14.0 Å². The Bertz CT molecular complexity index is 191. The molecule has 0 rings (SSSR count). The summed E-state index contributed by atoms with van der Waals surface area (Å²) in [6.07, 6.45) is 0.819. The number of carbonyl (C=O) groups excluding carboxylic acids is 2. The van der Waals surface area contributed by atoms with Crippen molar-refractivity contribution in [2.45, 2.75) is 33.2 Å². The first-order valence-corrected chi connectivity index (χ1v) is 4.37. The number of hydrogen-bond acceptors (Lipinski definition) is 3. The summed E-state index contributed by atoms with van der Waals surface area (Å²) in [5, 5.41) is 2.57. The molecular weight excluding hydrogens is 170 g/mol. The summed E-state index contributed by atoms with van der Waals surface area (Å²) in [6.45, 7) is 5.25. The van der Waals surface area contributed by atoms with Gasteiger partial charge in [0.1, 0.15) is 6.04 Å². The quantitative estimate of drug-likeness (QED) is 0.659. The lowest BCUT2D eigenvalue weighted by Crippen LogP contribution is -2.44. The van der Waals surface area contributed by atoms with Crippen LogP contribution in [0, 0.1) is 5.92 Å². The van der Waals surface area contributed by atoms with Crippen molar-refractivity contribution in [1.29, 1.82) is 0 Å². The zero-order valence-electron chi connectivity index (χ0n) is 8.59. The molecule has 1 N–H and O–H groups in total. The first-order chi connectivity index (χ1) is 6.02. The summed E-state index contributed by atoms with van der Waals surface area (Å²) in [5.74, 6) is -0.503. The van der Waals surface area contributed by atoms with E-state index in [1.807, 2.05) is 13.8 Å². The van der Waals surface area contributed by atoms with Crippen LogP contribution in [-0.4, -0.2) is 25.0 Å². The first kappa shape index (κ1) is 11.9. The molecule has 0 aliphatic heterocycles. The van der Waals surface area contributed by atoms with Crippen LogP contribution < -0.4 is 5.32 Å². The molecule has 4 heteroatoms. The Morgan fingerprint density at radius 2 is 2.00 bits per heavy atom. The van der Waals surface area contributed by atoms with Crippen LogP contribution in [0.2, 0.25) is 0 Å². The van der Waals surface area contributed by atoms with Crippen molar-refractivity contribution in [3.05, 3.63) is 0 Å². The van der Waals surface area contributed by atoms with Gasteiger partial charge in [0.15, 0.2) is 0 Å². The maximum Gasteiger partial charge on any atom is 0.328 e. The second-order valence-electron chi connectivity index (χ2n) is 3.09. The standard InChI is InChI=1S/C9H17NO3/c1-5-6(2)8(9(12)13-4)10-7(3)11/h6,8H,5H2,1-4H3,(H,10,11)/t6?,8-/m1/s1. The van der Waals surface area contributed by atoms with Gasteiger partial charge in [-0.3, -0.25) is 4.79 Å². The molecule has 0 heterocycles. The molecule has 0 aromatic rings. The summed E-state index contributed by atoms with van der Waals surface area (Å²) in [6, 6.07) is -0.521. The summed E-state index contributed by atoms with van der Waals surface area (Å²) in [5.41, 5.74) is 0. The Labute approximate surface area is 78.6 Å². The van der Waals surface area contributed by atoms with E-state index < -0.39 is 6.04 Å². The predicted molar refractivity (Wildman–Crippen MR) is 49.1 cm³/mol. The van der Waals surface area contributed by atoms with Crippen molar-refractivity contribution in [1.82, 2.24) is 5.32 Å². The van der Waals surface area contributed by atoms with Gasteiger partial charge in [0.2, 0.25) is 5.91 Å². The largest absolute Gasteiger partial charge is 0.467 e. The monoisotopic (exact) mass is 187 g/mol. The molecule has 1 unspecified atom stereocenters. The summed E-state index contributed by atoms with van der Waals surface area (Å²) in [4.78, 5) is 22.0. The van der Waals surface area contributed by atoms with Crippen LogP contribution in [0.5, 0.6) is 0 Å². The number of nitrogens with one attached hydrogen (secondary N) is 1. The Morgan fingerprint density at radius 3 is 2.31 bits per heavy atom. The van der Waals surface area contributed by atoms with Gasteiger partial charge < -0.3 is 10.1 Å². The fourth-order valence-corrected chi connectivity index (χ4v) is 1.02. The molecule has 2 atom stereocenters. The molecule has 76 valence electrons. The minimum Gasteiger partial charge on any atom is -0.467 e. The third kappa shape index (κ3) is 3.92. The Hall–Kier alpha value is -1.06. The highest BCUT2D eigenvalue weighted by atomic mass is 16.5. The van der Waals surface area contributed by atoms with Gasteiger partial charge in [0, 0.05) is 6.92 Å². The normalized spacial score (nSPS) is 14.5. The third-order valence-electron chi connectivity index (χ3n) is 2.03. The van der Waals surface area contributed by atoms with Gasteiger partial charge >= 0.3 is 5.97 Å². The van der Waals surface area contributed by atoms with Crippen LogP contribution in [0.1, 0.15) is 27.2 Å². The second kappa shape index (κ2) is 5.56. The lowest BCUT2D eigenvalue weighted by atomic mass is 9.99. The van der Waals surface area contributed by atoms with Gasteiger partial charge in [-0.05, 0) is 5.92 Å². The first-order valence-electron chi connectivity index (χ1n) is 4.37. The van der Waals surface area contributed by atoms with Crippen molar-refractivity contribution in [2.24, 2.45) is 5.92 Å². The van der Waals surface area contributed by atoms with Gasteiger partial charge in [-0.1, -0.05) is 20.3 Å². The van der Waals surface area contributed by atoms with E-state index in [1.54, 1.807) is 0 Å². The average molecular weight is 187 g/mol. The molecule has 0 saturated heterocycles. The molecule has 0 spiro atoms. The third-order valence-corrected chi connectivity index (χ3v) is 2.03. The maximum atomic E-state index is 11.2. The lowest BCUT2D eigenvalue weighted by molar-refractivity contribution is -0.146. The summed E-state index contributed by atoms with van der Waals surface area (Å²) >= 11 is 0. The molecule has 0 bridgehead atoms. The molecule has 0 fully saturated rings.